The number of carbonyl (C=O) groups is 1. The van der Waals surface area contributed by atoms with E-state index in [9.17, 15) is 13.2 Å². The number of anilines is 1. The van der Waals surface area contributed by atoms with E-state index in [2.05, 4.69) is 5.32 Å². The fourth-order valence-electron chi connectivity index (χ4n) is 3.29. The predicted molar refractivity (Wildman–Crippen MR) is 109 cm³/mol. The maximum Gasteiger partial charge on any atom is 0.243 e. The number of nitrogens with one attached hydrogen (secondary N) is 1. The summed E-state index contributed by atoms with van der Waals surface area (Å²) >= 11 is 0. The van der Waals surface area contributed by atoms with Crippen LogP contribution in [0.25, 0.3) is 0 Å². The molecule has 6 nitrogen and oxygen atoms in total. The summed E-state index contributed by atoms with van der Waals surface area (Å²) in [4.78, 5) is 12.6. The van der Waals surface area contributed by atoms with Gasteiger partial charge in [-0.3, -0.25) is 4.79 Å². The van der Waals surface area contributed by atoms with Gasteiger partial charge in [0.1, 0.15) is 5.75 Å². The third kappa shape index (κ3) is 4.72. The molecule has 0 spiro atoms. The van der Waals surface area contributed by atoms with Crippen molar-refractivity contribution in [1.82, 2.24) is 4.31 Å². The zero-order valence-electron chi connectivity index (χ0n) is 16.3. The molecule has 1 saturated heterocycles. The number of benzene rings is 2. The van der Waals surface area contributed by atoms with Crippen molar-refractivity contribution >= 4 is 21.6 Å². The van der Waals surface area contributed by atoms with E-state index in [-0.39, 0.29) is 17.2 Å². The third-order valence-corrected chi connectivity index (χ3v) is 6.78. The number of nitrogens with zero attached hydrogens (tertiary/aromatic N) is 1. The Labute approximate surface area is 166 Å². The Kier molecular flexibility index (Phi) is 6.36. The van der Waals surface area contributed by atoms with E-state index in [1.807, 2.05) is 31.2 Å². The van der Waals surface area contributed by atoms with Crippen molar-refractivity contribution in [1.29, 1.82) is 0 Å². The zero-order chi connectivity index (χ0) is 20.1. The molecule has 1 aliphatic rings. The van der Waals surface area contributed by atoms with Crippen LogP contribution in [0, 0.1) is 6.92 Å². The maximum absolute atomic E-state index is 12.9. The lowest BCUT2D eigenvalue weighted by Crippen LogP contribution is -2.35. The number of carbonyl (C=O) groups excluding carboxylic acids is 1. The van der Waals surface area contributed by atoms with Gasteiger partial charge in [-0.15, -0.1) is 0 Å². The number of methoxy groups -OCH3 is 1. The fraction of sp³-hybridized carbons (Fsp3) is 0.381. The van der Waals surface area contributed by atoms with Crippen LogP contribution in [-0.2, 0) is 21.2 Å². The molecule has 1 heterocycles. The van der Waals surface area contributed by atoms with E-state index in [1.165, 1.54) is 23.5 Å². The molecule has 0 unspecified atom stereocenters. The molecule has 2 aromatic rings. The van der Waals surface area contributed by atoms with Gasteiger partial charge in [0.2, 0.25) is 15.9 Å². The zero-order valence-corrected chi connectivity index (χ0v) is 17.1. The molecule has 7 heteroatoms. The van der Waals surface area contributed by atoms with Crippen molar-refractivity contribution in [2.45, 2.75) is 37.5 Å². The summed E-state index contributed by atoms with van der Waals surface area (Å²) in [5, 5.41) is 2.79. The smallest absolute Gasteiger partial charge is 0.243 e. The summed E-state index contributed by atoms with van der Waals surface area (Å²) in [6.07, 6.45) is 2.99. The Hall–Kier alpha value is -2.38. The maximum atomic E-state index is 12.9. The summed E-state index contributed by atoms with van der Waals surface area (Å²) in [5.74, 6) is 0.199. The Morgan fingerprint density at radius 3 is 2.39 bits per heavy atom. The lowest BCUT2D eigenvalue weighted by atomic mass is 10.1. The van der Waals surface area contributed by atoms with Gasteiger partial charge < -0.3 is 10.1 Å². The van der Waals surface area contributed by atoms with Crippen molar-refractivity contribution in [2.24, 2.45) is 0 Å². The number of hydrogen-bond donors (Lipinski definition) is 1. The molecule has 1 amide bonds. The van der Waals surface area contributed by atoms with E-state index in [4.69, 9.17) is 4.74 Å². The lowest BCUT2D eigenvalue weighted by Gasteiger charge is -2.26. The van der Waals surface area contributed by atoms with Crippen LogP contribution in [0.2, 0.25) is 0 Å². The SMILES string of the molecule is COc1ccc(S(=O)(=O)N2CCCCC2)cc1NC(=O)Cc1ccc(C)cc1. The Bertz CT molecular complexity index is 933. The van der Waals surface area contributed by atoms with Crippen molar-refractivity contribution in [2.75, 3.05) is 25.5 Å². The van der Waals surface area contributed by atoms with Crippen LogP contribution < -0.4 is 10.1 Å². The van der Waals surface area contributed by atoms with Crippen LogP contribution in [0.5, 0.6) is 5.75 Å². The highest BCUT2D eigenvalue weighted by atomic mass is 32.2. The van der Waals surface area contributed by atoms with Gasteiger partial charge in [-0.2, -0.15) is 4.31 Å². The van der Waals surface area contributed by atoms with Crippen LogP contribution in [0.4, 0.5) is 5.69 Å². The molecule has 0 aliphatic carbocycles. The molecule has 2 aromatic carbocycles. The molecule has 0 bridgehead atoms. The van der Waals surface area contributed by atoms with Gasteiger partial charge in [-0.25, -0.2) is 8.42 Å². The predicted octanol–water partition coefficient (Wildman–Crippen LogP) is 3.36. The normalized spacial score (nSPS) is 15.2. The Balaban J connectivity index is 1.80. The average Bonchev–Trinajstić information content (AvgIpc) is 2.70. The average molecular weight is 403 g/mol. The number of ether oxygens (including phenoxy) is 1. The summed E-state index contributed by atoms with van der Waals surface area (Å²) in [5.41, 5.74) is 2.37. The number of piperidine rings is 1. The highest BCUT2D eigenvalue weighted by Gasteiger charge is 2.27. The molecule has 28 heavy (non-hydrogen) atoms. The molecule has 3 rings (SSSR count). The third-order valence-electron chi connectivity index (χ3n) is 4.88. The Morgan fingerprint density at radius 1 is 1.07 bits per heavy atom. The van der Waals surface area contributed by atoms with Crippen LogP contribution in [0.1, 0.15) is 30.4 Å². The molecular weight excluding hydrogens is 376 g/mol. The summed E-state index contributed by atoms with van der Waals surface area (Å²) in [6.45, 7) is 3.05. The van der Waals surface area contributed by atoms with Gasteiger partial charge in [0.05, 0.1) is 24.1 Å². The van der Waals surface area contributed by atoms with E-state index >= 15 is 0 Å². The van der Waals surface area contributed by atoms with Crippen LogP contribution >= 0.6 is 0 Å². The molecule has 1 aliphatic heterocycles. The minimum atomic E-state index is -3.58. The summed E-state index contributed by atoms with van der Waals surface area (Å²) in [6, 6.07) is 12.3. The molecule has 0 radical (unpaired) electrons. The summed E-state index contributed by atoms with van der Waals surface area (Å²) in [7, 11) is -2.09. The molecule has 0 atom stereocenters. The minimum absolute atomic E-state index is 0.167. The first-order chi connectivity index (χ1) is 13.4. The van der Waals surface area contributed by atoms with Gasteiger partial charge in [-0.1, -0.05) is 36.2 Å². The van der Waals surface area contributed by atoms with Crippen molar-refractivity contribution < 1.29 is 17.9 Å². The van der Waals surface area contributed by atoms with E-state index in [1.54, 1.807) is 6.07 Å². The largest absolute Gasteiger partial charge is 0.495 e. The second-order valence-corrected chi connectivity index (χ2v) is 8.98. The van der Waals surface area contributed by atoms with Crippen LogP contribution in [0.3, 0.4) is 0 Å². The topological polar surface area (TPSA) is 75.7 Å². The second kappa shape index (κ2) is 8.75. The molecule has 0 aromatic heterocycles. The quantitative estimate of drug-likeness (QED) is 0.804. The lowest BCUT2D eigenvalue weighted by molar-refractivity contribution is -0.115. The second-order valence-electron chi connectivity index (χ2n) is 7.04. The van der Waals surface area contributed by atoms with Crippen molar-refractivity contribution in [3.05, 3.63) is 53.6 Å². The van der Waals surface area contributed by atoms with E-state index < -0.39 is 10.0 Å². The molecule has 1 fully saturated rings. The molecule has 1 N–H and O–H groups in total. The first-order valence-corrected chi connectivity index (χ1v) is 10.9. The Morgan fingerprint density at radius 2 is 1.75 bits per heavy atom. The fourth-order valence-corrected chi connectivity index (χ4v) is 4.83. The first-order valence-electron chi connectivity index (χ1n) is 9.44. The number of hydrogen-bond acceptors (Lipinski definition) is 4. The number of sulfonamides is 1. The molecule has 150 valence electrons. The molecule has 0 saturated carbocycles. The van der Waals surface area contributed by atoms with Gasteiger partial charge in [0, 0.05) is 13.1 Å². The highest BCUT2D eigenvalue weighted by molar-refractivity contribution is 7.89. The van der Waals surface area contributed by atoms with Crippen LogP contribution in [-0.4, -0.2) is 38.8 Å². The van der Waals surface area contributed by atoms with E-state index in [0.29, 0.717) is 24.5 Å². The van der Waals surface area contributed by atoms with Gasteiger partial charge in [0.15, 0.2) is 0 Å². The number of rotatable bonds is 6. The number of amides is 1. The van der Waals surface area contributed by atoms with E-state index in [0.717, 1.165) is 30.4 Å². The standard InChI is InChI=1S/C21H26N2O4S/c1-16-6-8-17(9-7-16)14-21(24)22-19-15-18(10-11-20(19)27-2)28(25,26)23-12-4-3-5-13-23/h6-11,15H,3-5,12-14H2,1-2H3,(H,22,24). The summed E-state index contributed by atoms with van der Waals surface area (Å²) < 4.78 is 32.7. The van der Waals surface area contributed by atoms with Gasteiger partial charge in [0.25, 0.3) is 0 Å². The highest BCUT2D eigenvalue weighted by Crippen LogP contribution is 2.30. The van der Waals surface area contributed by atoms with Gasteiger partial charge >= 0.3 is 0 Å². The van der Waals surface area contributed by atoms with Crippen molar-refractivity contribution in [3.63, 3.8) is 0 Å². The van der Waals surface area contributed by atoms with Crippen LogP contribution in [0.15, 0.2) is 47.4 Å². The first kappa shape index (κ1) is 20.4. The monoisotopic (exact) mass is 402 g/mol. The van der Waals surface area contributed by atoms with Crippen molar-refractivity contribution in [3.8, 4) is 5.75 Å². The van der Waals surface area contributed by atoms with Gasteiger partial charge in [-0.05, 0) is 43.5 Å². The molecular formula is C21H26N2O4S. The minimum Gasteiger partial charge on any atom is -0.495 e. The number of aryl methyl sites for hydroxylation is 1.